The average molecular weight is 378 g/mol. The summed E-state index contributed by atoms with van der Waals surface area (Å²) >= 11 is 8.23. The smallest absolute Gasteiger partial charge is 0.188 e. The SMILES string of the molecule is NC(=NCC1(c2ccccc2Cl)CCOCC1)NCCc1cccs1. The van der Waals surface area contributed by atoms with E-state index in [0.29, 0.717) is 12.5 Å². The summed E-state index contributed by atoms with van der Waals surface area (Å²) in [7, 11) is 0. The van der Waals surface area contributed by atoms with Crippen LogP contribution in [0.2, 0.25) is 5.02 Å². The summed E-state index contributed by atoms with van der Waals surface area (Å²) in [6, 6.07) is 12.2. The van der Waals surface area contributed by atoms with Crippen LogP contribution in [0.15, 0.2) is 46.8 Å². The first kappa shape index (κ1) is 18.2. The van der Waals surface area contributed by atoms with Crippen molar-refractivity contribution in [2.45, 2.75) is 24.7 Å². The molecule has 0 aliphatic carbocycles. The van der Waals surface area contributed by atoms with E-state index < -0.39 is 0 Å². The minimum atomic E-state index is -0.101. The highest BCUT2D eigenvalue weighted by molar-refractivity contribution is 7.09. The Morgan fingerprint density at radius 3 is 2.76 bits per heavy atom. The molecule has 0 radical (unpaired) electrons. The average Bonchev–Trinajstić information content (AvgIpc) is 3.15. The van der Waals surface area contributed by atoms with Gasteiger partial charge in [0, 0.05) is 35.1 Å². The van der Waals surface area contributed by atoms with E-state index in [4.69, 9.17) is 22.1 Å². The molecular formula is C19H24ClN3OS. The van der Waals surface area contributed by atoms with E-state index in [1.807, 2.05) is 18.2 Å². The number of nitrogens with one attached hydrogen (secondary N) is 1. The number of benzene rings is 1. The molecule has 1 aromatic carbocycles. The third kappa shape index (κ3) is 4.75. The molecule has 2 heterocycles. The van der Waals surface area contributed by atoms with Crippen molar-refractivity contribution in [3.8, 4) is 0 Å². The van der Waals surface area contributed by atoms with E-state index in [0.717, 1.165) is 49.6 Å². The van der Waals surface area contributed by atoms with Gasteiger partial charge in [-0.2, -0.15) is 0 Å². The van der Waals surface area contributed by atoms with Crippen LogP contribution >= 0.6 is 22.9 Å². The summed E-state index contributed by atoms with van der Waals surface area (Å²) in [5.41, 5.74) is 7.13. The molecule has 2 aromatic rings. The quantitative estimate of drug-likeness (QED) is 0.597. The van der Waals surface area contributed by atoms with E-state index in [1.165, 1.54) is 4.88 Å². The molecule has 0 atom stereocenters. The van der Waals surface area contributed by atoms with Crippen LogP contribution in [0.3, 0.4) is 0 Å². The van der Waals surface area contributed by atoms with Gasteiger partial charge in [-0.15, -0.1) is 11.3 Å². The molecule has 0 amide bonds. The lowest BCUT2D eigenvalue weighted by molar-refractivity contribution is 0.0531. The minimum absolute atomic E-state index is 0.101. The summed E-state index contributed by atoms with van der Waals surface area (Å²) in [5.74, 6) is 0.495. The lowest BCUT2D eigenvalue weighted by atomic mass is 9.74. The number of hydrogen-bond donors (Lipinski definition) is 2. The second-order valence-corrected chi connectivity index (χ2v) is 7.77. The molecular weight excluding hydrogens is 354 g/mol. The third-order valence-corrected chi connectivity index (χ3v) is 5.97. The van der Waals surface area contributed by atoms with Gasteiger partial charge in [0.15, 0.2) is 5.96 Å². The Morgan fingerprint density at radius 1 is 1.24 bits per heavy atom. The highest BCUT2D eigenvalue weighted by Crippen LogP contribution is 2.38. The fraction of sp³-hybridized carbons (Fsp3) is 0.421. The minimum Gasteiger partial charge on any atom is -0.381 e. The van der Waals surface area contributed by atoms with Gasteiger partial charge in [0.25, 0.3) is 0 Å². The maximum Gasteiger partial charge on any atom is 0.188 e. The number of nitrogens with two attached hydrogens (primary N) is 1. The van der Waals surface area contributed by atoms with E-state index in [2.05, 4.69) is 33.9 Å². The van der Waals surface area contributed by atoms with Crippen LogP contribution in [0.1, 0.15) is 23.3 Å². The summed E-state index contributed by atoms with van der Waals surface area (Å²) in [6.45, 7) is 2.87. The zero-order valence-corrected chi connectivity index (χ0v) is 15.8. The Morgan fingerprint density at radius 2 is 2.04 bits per heavy atom. The topological polar surface area (TPSA) is 59.6 Å². The maximum atomic E-state index is 6.47. The number of rotatable bonds is 6. The number of thiophene rings is 1. The fourth-order valence-electron chi connectivity index (χ4n) is 3.23. The molecule has 0 saturated carbocycles. The molecule has 1 aromatic heterocycles. The second-order valence-electron chi connectivity index (χ2n) is 6.33. The van der Waals surface area contributed by atoms with Crippen LogP contribution in [0.5, 0.6) is 0 Å². The molecule has 0 bridgehead atoms. The molecule has 25 heavy (non-hydrogen) atoms. The third-order valence-electron chi connectivity index (χ3n) is 4.70. The monoisotopic (exact) mass is 377 g/mol. The molecule has 3 N–H and O–H groups in total. The van der Waals surface area contributed by atoms with Gasteiger partial charge in [0.1, 0.15) is 0 Å². The normalized spacial score (nSPS) is 17.4. The predicted molar refractivity (Wildman–Crippen MR) is 106 cm³/mol. The largest absolute Gasteiger partial charge is 0.381 e. The van der Waals surface area contributed by atoms with Gasteiger partial charge in [0.2, 0.25) is 0 Å². The van der Waals surface area contributed by atoms with Crippen molar-refractivity contribution in [2.24, 2.45) is 10.7 Å². The standard InChI is InChI=1S/C19H24ClN3OS/c20-17-6-2-1-5-16(17)19(8-11-24-12-9-19)14-23-18(21)22-10-7-15-4-3-13-25-15/h1-6,13H,7-12,14H2,(H3,21,22,23). The molecule has 6 heteroatoms. The number of hydrogen-bond acceptors (Lipinski definition) is 3. The van der Waals surface area contributed by atoms with Crippen molar-refractivity contribution >= 4 is 28.9 Å². The van der Waals surface area contributed by atoms with Crippen molar-refractivity contribution in [2.75, 3.05) is 26.3 Å². The highest BCUT2D eigenvalue weighted by atomic mass is 35.5. The summed E-state index contributed by atoms with van der Waals surface area (Å²) in [5, 5.41) is 6.10. The molecule has 3 rings (SSSR count). The zero-order chi connectivity index (χ0) is 17.5. The van der Waals surface area contributed by atoms with Crippen molar-refractivity contribution in [3.63, 3.8) is 0 Å². The van der Waals surface area contributed by atoms with Gasteiger partial charge in [-0.05, 0) is 42.3 Å². The molecule has 0 unspecified atom stereocenters. The first-order valence-electron chi connectivity index (χ1n) is 8.59. The molecule has 0 spiro atoms. The Labute approximate surface area is 158 Å². The molecule has 1 saturated heterocycles. The lowest BCUT2D eigenvalue weighted by Crippen LogP contribution is -2.39. The van der Waals surface area contributed by atoms with Crippen LogP contribution < -0.4 is 11.1 Å². The Kier molecular flexibility index (Phi) is 6.34. The molecule has 1 fully saturated rings. The van der Waals surface area contributed by atoms with Crippen LogP contribution in [0.4, 0.5) is 0 Å². The number of halogens is 1. The van der Waals surface area contributed by atoms with Crippen molar-refractivity contribution in [1.29, 1.82) is 0 Å². The van der Waals surface area contributed by atoms with E-state index in [9.17, 15) is 0 Å². The van der Waals surface area contributed by atoms with E-state index in [-0.39, 0.29) is 5.41 Å². The molecule has 134 valence electrons. The van der Waals surface area contributed by atoms with Crippen LogP contribution in [-0.4, -0.2) is 32.3 Å². The number of guanidine groups is 1. The first-order chi connectivity index (χ1) is 12.2. The number of ether oxygens (including phenoxy) is 1. The van der Waals surface area contributed by atoms with Gasteiger partial charge in [0.05, 0.1) is 6.54 Å². The van der Waals surface area contributed by atoms with Crippen molar-refractivity contribution in [1.82, 2.24) is 5.32 Å². The van der Waals surface area contributed by atoms with Gasteiger partial charge in [-0.25, -0.2) is 0 Å². The van der Waals surface area contributed by atoms with Crippen molar-refractivity contribution in [3.05, 3.63) is 57.2 Å². The Hall–Kier alpha value is -1.56. The van der Waals surface area contributed by atoms with Crippen LogP contribution in [-0.2, 0) is 16.6 Å². The second kappa shape index (κ2) is 8.70. The number of nitrogens with zero attached hydrogens (tertiary/aromatic N) is 1. The van der Waals surface area contributed by atoms with Crippen LogP contribution in [0, 0.1) is 0 Å². The number of aliphatic imine (C=N–C) groups is 1. The highest BCUT2D eigenvalue weighted by Gasteiger charge is 2.35. The maximum absolute atomic E-state index is 6.47. The first-order valence-corrected chi connectivity index (χ1v) is 9.84. The Balaban J connectivity index is 1.65. The van der Waals surface area contributed by atoms with E-state index in [1.54, 1.807) is 11.3 Å². The molecule has 4 nitrogen and oxygen atoms in total. The Bertz CT molecular complexity index is 696. The van der Waals surface area contributed by atoms with Crippen molar-refractivity contribution < 1.29 is 4.74 Å². The predicted octanol–water partition coefficient (Wildman–Crippen LogP) is 3.60. The molecule has 1 aliphatic heterocycles. The van der Waals surface area contributed by atoms with Gasteiger partial charge >= 0.3 is 0 Å². The summed E-state index contributed by atoms with van der Waals surface area (Å²) in [6.07, 6.45) is 2.77. The summed E-state index contributed by atoms with van der Waals surface area (Å²) < 4.78 is 5.56. The zero-order valence-electron chi connectivity index (χ0n) is 14.2. The van der Waals surface area contributed by atoms with Crippen LogP contribution in [0.25, 0.3) is 0 Å². The van der Waals surface area contributed by atoms with E-state index >= 15 is 0 Å². The van der Waals surface area contributed by atoms with Gasteiger partial charge in [-0.1, -0.05) is 35.9 Å². The molecule has 1 aliphatic rings. The lowest BCUT2D eigenvalue weighted by Gasteiger charge is -2.37. The fourth-order valence-corrected chi connectivity index (χ4v) is 4.27. The van der Waals surface area contributed by atoms with Gasteiger partial charge in [-0.3, -0.25) is 4.99 Å². The van der Waals surface area contributed by atoms with Gasteiger partial charge < -0.3 is 15.8 Å². The summed E-state index contributed by atoms with van der Waals surface area (Å²) in [4.78, 5) is 5.97.